The Bertz CT molecular complexity index is 586. The Morgan fingerprint density at radius 1 is 1.20 bits per heavy atom. The van der Waals surface area contributed by atoms with Crippen LogP contribution in [-0.2, 0) is 4.79 Å². The van der Waals surface area contributed by atoms with Crippen molar-refractivity contribution in [2.45, 2.75) is 57.8 Å². The molecule has 0 spiro atoms. The van der Waals surface area contributed by atoms with Gasteiger partial charge in [0, 0.05) is 25.6 Å². The van der Waals surface area contributed by atoms with Crippen molar-refractivity contribution in [2.75, 3.05) is 26.2 Å². The average Bonchev–Trinajstić information content (AvgIpc) is 2.60. The number of hydrogen-bond acceptors (Lipinski definition) is 6. The normalized spacial score (nSPS) is 36.4. The number of carbonyl (C=O) groups excluding carboxylic acids is 1. The van der Waals surface area contributed by atoms with Gasteiger partial charge in [0.05, 0.1) is 18.8 Å². The number of amides is 1. The SMILES string of the molecule is CC(C)[C@@H]1NC2=NC(=NC3CCCCC23)CN2CCNCC2NC1=O. The molecule has 25 heavy (non-hydrogen) atoms. The smallest absolute Gasteiger partial charge is 0.244 e. The summed E-state index contributed by atoms with van der Waals surface area (Å²) >= 11 is 0. The maximum absolute atomic E-state index is 12.9. The van der Waals surface area contributed by atoms with Crippen LogP contribution in [0.2, 0.25) is 0 Å². The molecule has 3 heterocycles. The number of piperazine rings is 1. The third-order valence-corrected chi connectivity index (χ3v) is 5.91. The molecule has 138 valence electrons. The van der Waals surface area contributed by atoms with Crippen molar-refractivity contribution in [3.05, 3.63) is 0 Å². The van der Waals surface area contributed by atoms with Crippen LogP contribution in [0.25, 0.3) is 0 Å². The highest BCUT2D eigenvalue weighted by molar-refractivity contribution is 6.03. The van der Waals surface area contributed by atoms with Gasteiger partial charge in [0.1, 0.15) is 17.7 Å². The maximum Gasteiger partial charge on any atom is 0.244 e. The number of nitrogens with zero attached hydrogens (tertiary/aromatic N) is 3. The first-order valence-electron chi connectivity index (χ1n) is 9.79. The summed E-state index contributed by atoms with van der Waals surface area (Å²) in [7, 11) is 0. The number of nitrogens with one attached hydrogen (secondary N) is 3. The number of aliphatic imine (C=N–C) groups is 2. The molecule has 1 aliphatic carbocycles. The van der Waals surface area contributed by atoms with Crippen LogP contribution in [0, 0.1) is 11.8 Å². The lowest BCUT2D eigenvalue weighted by molar-refractivity contribution is -0.126. The van der Waals surface area contributed by atoms with Crippen LogP contribution in [-0.4, -0.2) is 66.9 Å². The molecule has 0 aromatic heterocycles. The van der Waals surface area contributed by atoms with Crippen LogP contribution < -0.4 is 16.0 Å². The Labute approximate surface area is 149 Å². The van der Waals surface area contributed by atoms with Crippen molar-refractivity contribution >= 4 is 17.6 Å². The van der Waals surface area contributed by atoms with Gasteiger partial charge in [0.15, 0.2) is 0 Å². The molecular formula is C18H30N6O. The van der Waals surface area contributed by atoms with Gasteiger partial charge >= 0.3 is 0 Å². The van der Waals surface area contributed by atoms with E-state index < -0.39 is 0 Å². The van der Waals surface area contributed by atoms with Crippen molar-refractivity contribution in [1.82, 2.24) is 20.9 Å². The zero-order valence-corrected chi connectivity index (χ0v) is 15.3. The summed E-state index contributed by atoms with van der Waals surface area (Å²) in [6.07, 6.45) is 4.74. The van der Waals surface area contributed by atoms with Gasteiger partial charge in [-0.25, -0.2) is 4.99 Å². The Kier molecular flexibility index (Phi) is 4.78. The lowest BCUT2D eigenvalue weighted by atomic mass is 9.82. The van der Waals surface area contributed by atoms with E-state index in [4.69, 9.17) is 9.98 Å². The van der Waals surface area contributed by atoms with Gasteiger partial charge in [0.2, 0.25) is 5.91 Å². The molecule has 4 atom stereocenters. The summed E-state index contributed by atoms with van der Waals surface area (Å²) in [6, 6.07) is 0.0861. The van der Waals surface area contributed by atoms with E-state index in [1.807, 2.05) is 0 Å². The first-order chi connectivity index (χ1) is 12.1. The standard InChI is InChI=1S/C18H30N6O/c1-11(2)16-18(25)22-15-9-19-7-8-24(15)10-14-20-13-6-4-3-5-12(13)17(21-14)23-16/h11-13,15-16,19H,3-10H2,1-2H3,(H,22,25)(H,20,21,23)/t12?,13?,15?,16-/m0/s1. The lowest BCUT2D eigenvalue weighted by Gasteiger charge is -2.41. The van der Waals surface area contributed by atoms with Crippen molar-refractivity contribution in [1.29, 1.82) is 0 Å². The van der Waals surface area contributed by atoms with Crippen molar-refractivity contribution in [2.24, 2.45) is 21.8 Å². The van der Waals surface area contributed by atoms with Gasteiger partial charge in [-0.15, -0.1) is 0 Å². The largest absolute Gasteiger partial charge is 0.361 e. The van der Waals surface area contributed by atoms with E-state index >= 15 is 0 Å². The van der Waals surface area contributed by atoms with E-state index in [1.165, 1.54) is 12.8 Å². The van der Waals surface area contributed by atoms with Crippen LogP contribution >= 0.6 is 0 Å². The average molecular weight is 346 g/mol. The second kappa shape index (κ2) is 7.03. The van der Waals surface area contributed by atoms with Crippen LogP contribution in [0.4, 0.5) is 0 Å². The minimum atomic E-state index is -0.248. The first kappa shape index (κ1) is 17.0. The molecule has 7 heteroatoms. The predicted molar refractivity (Wildman–Crippen MR) is 98.8 cm³/mol. The molecule has 7 nitrogen and oxygen atoms in total. The number of carbonyl (C=O) groups is 1. The summed E-state index contributed by atoms with van der Waals surface area (Å²) in [5.74, 6) is 2.56. The van der Waals surface area contributed by atoms with Gasteiger partial charge in [-0.2, -0.15) is 0 Å². The number of hydrogen-bond donors (Lipinski definition) is 3. The highest BCUT2D eigenvalue weighted by Gasteiger charge is 2.38. The van der Waals surface area contributed by atoms with Crippen LogP contribution in [0.3, 0.4) is 0 Å². The molecule has 1 saturated heterocycles. The fourth-order valence-corrected chi connectivity index (χ4v) is 4.45. The first-order valence-corrected chi connectivity index (χ1v) is 9.79. The third-order valence-electron chi connectivity index (χ3n) is 5.91. The Hall–Kier alpha value is -1.47. The fraction of sp³-hybridized carbons (Fsp3) is 0.833. The van der Waals surface area contributed by atoms with Crippen LogP contribution in [0.1, 0.15) is 39.5 Å². The Morgan fingerprint density at radius 3 is 2.88 bits per heavy atom. The van der Waals surface area contributed by atoms with Gasteiger partial charge in [-0.3, -0.25) is 14.7 Å². The second-order valence-electron chi connectivity index (χ2n) is 8.07. The molecule has 1 saturated carbocycles. The number of amidine groups is 2. The van der Waals surface area contributed by atoms with E-state index in [0.29, 0.717) is 18.5 Å². The molecular weight excluding hydrogens is 316 g/mol. The molecule has 0 aromatic carbocycles. The summed E-state index contributed by atoms with van der Waals surface area (Å²) in [5, 5.41) is 10.1. The van der Waals surface area contributed by atoms with E-state index in [9.17, 15) is 4.79 Å². The van der Waals surface area contributed by atoms with E-state index in [1.54, 1.807) is 0 Å². The molecule has 4 rings (SSSR count). The van der Waals surface area contributed by atoms with Crippen LogP contribution in [0.15, 0.2) is 9.98 Å². The highest BCUT2D eigenvalue weighted by Crippen LogP contribution is 2.31. The maximum atomic E-state index is 12.9. The van der Waals surface area contributed by atoms with E-state index in [0.717, 1.165) is 44.1 Å². The van der Waals surface area contributed by atoms with Crippen molar-refractivity contribution in [3.8, 4) is 0 Å². The second-order valence-corrected chi connectivity index (χ2v) is 8.07. The molecule has 1 amide bonds. The minimum Gasteiger partial charge on any atom is -0.361 e. The molecule has 4 aliphatic rings. The molecule has 0 aromatic rings. The molecule has 2 fully saturated rings. The Balaban J connectivity index is 1.68. The lowest BCUT2D eigenvalue weighted by Crippen LogP contribution is -2.64. The zero-order valence-electron chi connectivity index (χ0n) is 15.3. The number of fused-ring (bicyclic) bond motifs is 4. The third kappa shape index (κ3) is 3.44. The molecule has 3 N–H and O–H groups in total. The Morgan fingerprint density at radius 2 is 2.04 bits per heavy atom. The van der Waals surface area contributed by atoms with Gasteiger partial charge < -0.3 is 16.0 Å². The van der Waals surface area contributed by atoms with Gasteiger partial charge in [0.25, 0.3) is 0 Å². The van der Waals surface area contributed by atoms with E-state index in [-0.39, 0.29) is 24.0 Å². The van der Waals surface area contributed by atoms with E-state index in [2.05, 4.69) is 34.7 Å². The minimum absolute atomic E-state index is 0.00725. The summed E-state index contributed by atoms with van der Waals surface area (Å²) in [5.41, 5.74) is 0. The quantitative estimate of drug-likeness (QED) is 0.639. The molecule has 2 bridgehead atoms. The van der Waals surface area contributed by atoms with Crippen LogP contribution in [0.5, 0.6) is 0 Å². The fourth-order valence-electron chi connectivity index (χ4n) is 4.45. The van der Waals surface area contributed by atoms with Crippen molar-refractivity contribution in [3.63, 3.8) is 0 Å². The summed E-state index contributed by atoms with van der Waals surface area (Å²) in [4.78, 5) is 25.1. The molecule has 0 radical (unpaired) electrons. The summed E-state index contributed by atoms with van der Waals surface area (Å²) < 4.78 is 0. The number of rotatable bonds is 1. The topological polar surface area (TPSA) is 81.1 Å². The predicted octanol–water partition coefficient (Wildman–Crippen LogP) is 0.331. The molecule has 3 unspecified atom stereocenters. The zero-order chi connectivity index (χ0) is 17.4. The van der Waals surface area contributed by atoms with Gasteiger partial charge in [-0.1, -0.05) is 26.7 Å². The highest BCUT2D eigenvalue weighted by atomic mass is 16.2. The van der Waals surface area contributed by atoms with Gasteiger partial charge in [-0.05, 0) is 18.8 Å². The monoisotopic (exact) mass is 346 g/mol. The summed E-state index contributed by atoms with van der Waals surface area (Å²) in [6.45, 7) is 7.52. The van der Waals surface area contributed by atoms with Crippen molar-refractivity contribution < 1.29 is 4.79 Å². The molecule has 3 aliphatic heterocycles.